The quantitative estimate of drug-likeness (QED) is 0.782. The molecule has 1 fully saturated rings. The number of carbonyl (C=O) groups is 2. The zero-order valence-electron chi connectivity index (χ0n) is 10.2. The second kappa shape index (κ2) is 5.60. The van der Waals surface area contributed by atoms with Gasteiger partial charge in [-0.25, -0.2) is 0 Å². The van der Waals surface area contributed by atoms with E-state index in [-0.39, 0.29) is 32.5 Å². The van der Waals surface area contributed by atoms with Crippen LogP contribution in [0.2, 0.25) is 0 Å². The molecule has 0 aromatic heterocycles. The van der Waals surface area contributed by atoms with Crippen molar-refractivity contribution in [3.63, 3.8) is 0 Å². The standard InChI is InChI=1S/C11H17F2NO4/c1-2-11(12,13)9(17)14-10(7-8(15)16)3-5-18-6-4-10/h2-7H2,1H3,(H,14,17)(H,15,16). The smallest absolute Gasteiger partial charge is 0.324 e. The van der Waals surface area contributed by atoms with Crippen molar-refractivity contribution in [3.8, 4) is 0 Å². The SMILES string of the molecule is CCC(F)(F)C(=O)NC1(CC(=O)O)CCOCC1. The third kappa shape index (κ3) is 3.63. The molecule has 104 valence electrons. The number of ether oxygens (including phenoxy) is 1. The van der Waals surface area contributed by atoms with E-state index in [2.05, 4.69) is 5.32 Å². The van der Waals surface area contributed by atoms with Gasteiger partial charge in [0.25, 0.3) is 5.91 Å². The Labute approximate surface area is 103 Å². The fraction of sp³-hybridized carbons (Fsp3) is 0.818. The summed E-state index contributed by atoms with van der Waals surface area (Å²) >= 11 is 0. The fourth-order valence-electron chi connectivity index (χ4n) is 1.89. The zero-order valence-corrected chi connectivity index (χ0v) is 10.2. The summed E-state index contributed by atoms with van der Waals surface area (Å²) in [5, 5.41) is 11.0. The Morgan fingerprint density at radius 1 is 1.39 bits per heavy atom. The molecule has 1 amide bonds. The van der Waals surface area contributed by atoms with Crippen LogP contribution in [0.15, 0.2) is 0 Å². The highest BCUT2D eigenvalue weighted by Gasteiger charge is 2.43. The molecule has 0 radical (unpaired) electrons. The lowest BCUT2D eigenvalue weighted by atomic mass is 9.86. The van der Waals surface area contributed by atoms with E-state index in [1.165, 1.54) is 6.92 Å². The summed E-state index contributed by atoms with van der Waals surface area (Å²) in [7, 11) is 0. The molecule has 1 aliphatic heterocycles. The second-order valence-corrected chi connectivity index (χ2v) is 4.48. The number of carboxylic acids is 1. The highest BCUT2D eigenvalue weighted by molar-refractivity contribution is 5.84. The third-order valence-electron chi connectivity index (χ3n) is 3.09. The molecule has 7 heteroatoms. The maximum absolute atomic E-state index is 13.2. The summed E-state index contributed by atoms with van der Waals surface area (Å²) in [4.78, 5) is 22.2. The van der Waals surface area contributed by atoms with Gasteiger partial charge in [-0.05, 0) is 12.8 Å². The number of aliphatic carboxylic acids is 1. The lowest BCUT2D eigenvalue weighted by Gasteiger charge is -2.37. The normalized spacial score (nSPS) is 19.3. The number of amides is 1. The van der Waals surface area contributed by atoms with Crippen LogP contribution in [0.5, 0.6) is 0 Å². The topological polar surface area (TPSA) is 75.6 Å². The van der Waals surface area contributed by atoms with E-state index in [1.807, 2.05) is 0 Å². The molecule has 0 spiro atoms. The molecular formula is C11H17F2NO4. The van der Waals surface area contributed by atoms with Crippen LogP contribution in [0, 0.1) is 0 Å². The van der Waals surface area contributed by atoms with Crippen LogP contribution < -0.4 is 5.32 Å². The van der Waals surface area contributed by atoms with Crippen LogP contribution in [-0.2, 0) is 14.3 Å². The second-order valence-electron chi connectivity index (χ2n) is 4.48. The Hall–Kier alpha value is -1.24. The molecule has 0 aromatic carbocycles. The third-order valence-corrected chi connectivity index (χ3v) is 3.09. The highest BCUT2D eigenvalue weighted by Crippen LogP contribution is 2.27. The largest absolute Gasteiger partial charge is 0.481 e. The lowest BCUT2D eigenvalue weighted by Crippen LogP contribution is -2.57. The van der Waals surface area contributed by atoms with Crippen LogP contribution in [0.1, 0.15) is 32.6 Å². The number of carbonyl (C=O) groups excluding carboxylic acids is 1. The first-order valence-electron chi connectivity index (χ1n) is 5.81. The Morgan fingerprint density at radius 2 is 1.94 bits per heavy atom. The summed E-state index contributed by atoms with van der Waals surface area (Å²) in [5.41, 5.74) is -1.13. The summed E-state index contributed by atoms with van der Waals surface area (Å²) < 4.78 is 31.5. The summed E-state index contributed by atoms with van der Waals surface area (Å²) in [6.07, 6.45) is -0.532. The van der Waals surface area contributed by atoms with Crippen molar-refractivity contribution in [1.82, 2.24) is 5.32 Å². The van der Waals surface area contributed by atoms with Crippen molar-refractivity contribution in [1.29, 1.82) is 0 Å². The molecule has 1 aliphatic rings. The van der Waals surface area contributed by atoms with Gasteiger partial charge in [0.05, 0.1) is 12.0 Å². The number of hydrogen-bond acceptors (Lipinski definition) is 3. The average molecular weight is 265 g/mol. The number of hydrogen-bond donors (Lipinski definition) is 2. The minimum absolute atomic E-state index is 0.227. The fourth-order valence-corrected chi connectivity index (χ4v) is 1.89. The molecule has 0 atom stereocenters. The van der Waals surface area contributed by atoms with E-state index in [4.69, 9.17) is 9.84 Å². The molecule has 0 unspecified atom stereocenters. The van der Waals surface area contributed by atoms with Gasteiger partial charge in [0.2, 0.25) is 0 Å². The van der Waals surface area contributed by atoms with Crippen LogP contribution in [0.4, 0.5) is 8.78 Å². The Morgan fingerprint density at radius 3 is 2.39 bits per heavy atom. The van der Waals surface area contributed by atoms with Crippen LogP contribution in [0.3, 0.4) is 0 Å². The van der Waals surface area contributed by atoms with Gasteiger partial charge in [-0.15, -0.1) is 0 Å². The van der Waals surface area contributed by atoms with Gasteiger partial charge in [0.1, 0.15) is 0 Å². The molecule has 0 bridgehead atoms. The van der Waals surface area contributed by atoms with E-state index in [0.29, 0.717) is 0 Å². The molecule has 1 rings (SSSR count). The van der Waals surface area contributed by atoms with Gasteiger partial charge in [0, 0.05) is 19.6 Å². The highest BCUT2D eigenvalue weighted by atomic mass is 19.3. The molecule has 2 N–H and O–H groups in total. The van der Waals surface area contributed by atoms with Crippen molar-refractivity contribution in [3.05, 3.63) is 0 Å². The van der Waals surface area contributed by atoms with Crippen molar-refractivity contribution in [2.45, 2.75) is 44.1 Å². The van der Waals surface area contributed by atoms with Gasteiger partial charge < -0.3 is 15.2 Å². The minimum atomic E-state index is -3.47. The van der Waals surface area contributed by atoms with Crippen molar-refractivity contribution < 1.29 is 28.2 Å². The molecule has 1 saturated heterocycles. The summed E-state index contributed by atoms with van der Waals surface area (Å²) in [6, 6.07) is 0. The number of halogens is 2. The van der Waals surface area contributed by atoms with E-state index in [1.54, 1.807) is 0 Å². The lowest BCUT2D eigenvalue weighted by molar-refractivity contribution is -0.151. The number of nitrogens with one attached hydrogen (secondary N) is 1. The predicted molar refractivity (Wildman–Crippen MR) is 58.4 cm³/mol. The first-order valence-corrected chi connectivity index (χ1v) is 5.81. The average Bonchev–Trinajstić information content (AvgIpc) is 2.28. The van der Waals surface area contributed by atoms with E-state index < -0.39 is 29.8 Å². The molecular weight excluding hydrogens is 248 g/mol. The molecule has 0 saturated carbocycles. The Balaban J connectivity index is 2.78. The maximum Gasteiger partial charge on any atom is 0.324 e. The van der Waals surface area contributed by atoms with Crippen LogP contribution in [0.25, 0.3) is 0 Å². The molecule has 5 nitrogen and oxygen atoms in total. The predicted octanol–water partition coefficient (Wildman–Crippen LogP) is 1.17. The Kier molecular flexibility index (Phi) is 4.61. The summed E-state index contributed by atoms with van der Waals surface area (Å²) in [5.74, 6) is -6.01. The van der Waals surface area contributed by atoms with Crippen LogP contribution in [-0.4, -0.2) is 41.7 Å². The molecule has 1 heterocycles. The van der Waals surface area contributed by atoms with Gasteiger partial charge in [0.15, 0.2) is 0 Å². The molecule has 0 aromatic rings. The number of carboxylic acid groups (broad SMARTS) is 1. The number of alkyl halides is 2. The van der Waals surface area contributed by atoms with Gasteiger partial charge in [-0.3, -0.25) is 9.59 Å². The van der Waals surface area contributed by atoms with Crippen molar-refractivity contribution >= 4 is 11.9 Å². The van der Waals surface area contributed by atoms with Crippen molar-refractivity contribution in [2.24, 2.45) is 0 Å². The van der Waals surface area contributed by atoms with Gasteiger partial charge in [-0.2, -0.15) is 8.78 Å². The number of rotatable bonds is 5. The van der Waals surface area contributed by atoms with Crippen LogP contribution >= 0.6 is 0 Å². The van der Waals surface area contributed by atoms with E-state index in [0.717, 1.165) is 0 Å². The monoisotopic (exact) mass is 265 g/mol. The summed E-state index contributed by atoms with van der Waals surface area (Å²) in [6.45, 7) is 1.71. The van der Waals surface area contributed by atoms with E-state index in [9.17, 15) is 18.4 Å². The zero-order chi connectivity index (χ0) is 13.8. The van der Waals surface area contributed by atoms with Gasteiger partial charge >= 0.3 is 11.9 Å². The van der Waals surface area contributed by atoms with E-state index >= 15 is 0 Å². The molecule has 0 aliphatic carbocycles. The first kappa shape index (κ1) is 14.8. The van der Waals surface area contributed by atoms with Gasteiger partial charge in [-0.1, -0.05) is 6.92 Å². The van der Waals surface area contributed by atoms with Crippen molar-refractivity contribution in [2.75, 3.05) is 13.2 Å². The Bertz CT molecular complexity index is 327. The maximum atomic E-state index is 13.2. The minimum Gasteiger partial charge on any atom is -0.481 e. The molecule has 18 heavy (non-hydrogen) atoms. The first-order chi connectivity index (χ1) is 8.31.